The van der Waals surface area contributed by atoms with Crippen molar-refractivity contribution in [2.75, 3.05) is 23.3 Å². The van der Waals surface area contributed by atoms with Gasteiger partial charge in [-0.1, -0.05) is 30.3 Å². The number of halogens is 1. The largest absolute Gasteiger partial charge is 0.372 e. The topological polar surface area (TPSA) is 67.6 Å². The van der Waals surface area contributed by atoms with Crippen LogP contribution in [0, 0.1) is 5.82 Å². The number of rotatable bonds is 5. The summed E-state index contributed by atoms with van der Waals surface area (Å²) in [6.45, 7) is 5.24. The first-order chi connectivity index (χ1) is 12.4. The predicted octanol–water partition coefficient (Wildman–Crippen LogP) is 3.08. The quantitative estimate of drug-likeness (QED) is 0.863. The monoisotopic (exact) mass is 357 g/mol. The van der Waals surface area contributed by atoms with Gasteiger partial charge in [-0.15, -0.1) is 0 Å². The molecule has 1 aliphatic rings. The molecule has 0 aromatic heterocycles. The highest BCUT2D eigenvalue weighted by atomic mass is 19.1. The Kier molecular flexibility index (Phi) is 5.42. The third-order valence-corrected chi connectivity index (χ3v) is 4.44. The summed E-state index contributed by atoms with van der Waals surface area (Å²) in [6.07, 6.45) is 0.0987. The van der Waals surface area contributed by atoms with Gasteiger partial charge in [0.2, 0.25) is 5.91 Å². The highest BCUT2D eigenvalue weighted by molar-refractivity contribution is 5.84. The highest BCUT2D eigenvalue weighted by Gasteiger charge is 2.25. The van der Waals surface area contributed by atoms with Crippen LogP contribution in [0.2, 0.25) is 0 Å². The molecule has 2 aromatic carbocycles. The number of nitrogens with two attached hydrogens (primary N) is 1. The Morgan fingerprint density at radius 3 is 2.42 bits per heavy atom. The maximum Gasteiger partial charge on any atom is 0.244 e. The van der Waals surface area contributed by atoms with Crippen LogP contribution in [-0.2, 0) is 9.53 Å². The second-order valence-electron chi connectivity index (χ2n) is 6.72. The Labute approximate surface area is 152 Å². The average molecular weight is 357 g/mol. The van der Waals surface area contributed by atoms with Crippen LogP contribution in [0.1, 0.15) is 25.5 Å². The van der Waals surface area contributed by atoms with Gasteiger partial charge in [0.1, 0.15) is 11.9 Å². The van der Waals surface area contributed by atoms with Crippen LogP contribution in [0.15, 0.2) is 48.5 Å². The normalized spacial score (nSPS) is 21.3. The van der Waals surface area contributed by atoms with E-state index in [1.807, 2.05) is 49.1 Å². The van der Waals surface area contributed by atoms with Gasteiger partial charge in [-0.3, -0.25) is 4.79 Å². The van der Waals surface area contributed by atoms with Crippen LogP contribution in [0.4, 0.5) is 15.8 Å². The first-order valence-electron chi connectivity index (χ1n) is 8.75. The van der Waals surface area contributed by atoms with Crippen LogP contribution in [0.3, 0.4) is 0 Å². The summed E-state index contributed by atoms with van der Waals surface area (Å²) in [7, 11) is 0. The molecule has 3 unspecified atom stereocenters. The molecule has 2 aromatic rings. The van der Waals surface area contributed by atoms with Gasteiger partial charge in [0.05, 0.1) is 17.9 Å². The van der Waals surface area contributed by atoms with Gasteiger partial charge in [-0.2, -0.15) is 0 Å². The minimum atomic E-state index is -0.718. The van der Waals surface area contributed by atoms with E-state index in [2.05, 4.69) is 5.32 Å². The van der Waals surface area contributed by atoms with Crippen molar-refractivity contribution in [3.63, 3.8) is 0 Å². The van der Waals surface area contributed by atoms with E-state index >= 15 is 0 Å². The molecule has 1 amide bonds. The van der Waals surface area contributed by atoms with Gasteiger partial charge in [0, 0.05) is 18.8 Å². The molecule has 1 saturated heterocycles. The summed E-state index contributed by atoms with van der Waals surface area (Å²) < 4.78 is 20.4. The maximum atomic E-state index is 14.7. The SMILES string of the molecule is CC1CN(c2ccc(NC(C(N)=O)c3ccccc3)cc2F)CC(C)O1. The average Bonchev–Trinajstić information content (AvgIpc) is 2.59. The van der Waals surface area contributed by atoms with E-state index in [1.165, 1.54) is 6.07 Å². The Hall–Kier alpha value is -2.60. The summed E-state index contributed by atoms with van der Waals surface area (Å²) in [5, 5.41) is 3.03. The van der Waals surface area contributed by atoms with Crippen molar-refractivity contribution in [3.8, 4) is 0 Å². The van der Waals surface area contributed by atoms with Crippen LogP contribution in [0.5, 0.6) is 0 Å². The van der Waals surface area contributed by atoms with E-state index < -0.39 is 11.9 Å². The molecule has 26 heavy (non-hydrogen) atoms. The molecule has 3 atom stereocenters. The molecule has 3 rings (SSSR count). The van der Waals surface area contributed by atoms with Gasteiger partial charge in [0.25, 0.3) is 0 Å². The molecule has 138 valence electrons. The van der Waals surface area contributed by atoms with E-state index in [0.717, 1.165) is 5.56 Å². The number of carbonyl (C=O) groups is 1. The molecule has 6 heteroatoms. The lowest BCUT2D eigenvalue weighted by atomic mass is 10.1. The molecule has 3 N–H and O–H groups in total. The third-order valence-electron chi connectivity index (χ3n) is 4.44. The summed E-state index contributed by atoms with van der Waals surface area (Å²) in [5.74, 6) is -0.857. The Bertz CT molecular complexity index is 759. The molecule has 5 nitrogen and oxygen atoms in total. The van der Waals surface area contributed by atoms with Crippen molar-refractivity contribution in [2.45, 2.75) is 32.1 Å². The number of anilines is 2. The number of benzene rings is 2. The zero-order valence-electron chi connectivity index (χ0n) is 15.0. The Balaban J connectivity index is 1.79. The molecule has 0 saturated carbocycles. The number of ether oxygens (including phenoxy) is 1. The van der Waals surface area contributed by atoms with Crippen LogP contribution >= 0.6 is 0 Å². The fraction of sp³-hybridized carbons (Fsp3) is 0.350. The number of nitrogens with one attached hydrogen (secondary N) is 1. The second-order valence-corrected chi connectivity index (χ2v) is 6.72. The molecular formula is C20H24FN3O2. The highest BCUT2D eigenvalue weighted by Crippen LogP contribution is 2.28. The lowest BCUT2D eigenvalue weighted by Gasteiger charge is -2.37. The van der Waals surface area contributed by atoms with Gasteiger partial charge in [0.15, 0.2) is 0 Å². The Morgan fingerprint density at radius 1 is 1.19 bits per heavy atom. The lowest BCUT2D eigenvalue weighted by molar-refractivity contribution is -0.118. The maximum absolute atomic E-state index is 14.7. The van der Waals surface area contributed by atoms with Crippen LogP contribution in [-0.4, -0.2) is 31.2 Å². The lowest BCUT2D eigenvalue weighted by Crippen LogP contribution is -2.45. The van der Waals surface area contributed by atoms with Crippen molar-refractivity contribution < 1.29 is 13.9 Å². The fourth-order valence-electron chi connectivity index (χ4n) is 3.36. The molecule has 1 aliphatic heterocycles. The zero-order valence-corrected chi connectivity index (χ0v) is 15.0. The molecule has 0 bridgehead atoms. The van der Waals surface area contributed by atoms with E-state index in [4.69, 9.17) is 10.5 Å². The first-order valence-corrected chi connectivity index (χ1v) is 8.75. The molecule has 0 spiro atoms. The third kappa shape index (κ3) is 4.14. The Morgan fingerprint density at radius 2 is 1.85 bits per heavy atom. The molecule has 1 fully saturated rings. The van der Waals surface area contributed by atoms with Crippen molar-refractivity contribution in [1.82, 2.24) is 0 Å². The van der Waals surface area contributed by atoms with Gasteiger partial charge < -0.3 is 20.7 Å². The smallest absolute Gasteiger partial charge is 0.244 e. The second kappa shape index (κ2) is 7.74. The summed E-state index contributed by atoms with van der Waals surface area (Å²) in [5.41, 5.74) is 7.29. The predicted molar refractivity (Wildman–Crippen MR) is 101 cm³/mol. The number of primary amides is 1. The number of hydrogen-bond acceptors (Lipinski definition) is 4. The van der Waals surface area contributed by atoms with Crippen molar-refractivity contribution >= 4 is 17.3 Å². The van der Waals surface area contributed by atoms with E-state index in [-0.39, 0.29) is 18.0 Å². The molecule has 1 heterocycles. The number of nitrogens with zero attached hydrogens (tertiary/aromatic N) is 1. The summed E-state index contributed by atoms with van der Waals surface area (Å²) in [6, 6.07) is 13.3. The summed E-state index contributed by atoms with van der Waals surface area (Å²) in [4.78, 5) is 13.8. The zero-order chi connectivity index (χ0) is 18.7. The van der Waals surface area contributed by atoms with Gasteiger partial charge in [-0.25, -0.2) is 4.39 Å². The van der Waals surface area contributed by atoms with Gasteiger partial charge >= 0.3 is 0 Å². The number of carbonyl (C=O) groups excluding carboxylic acids is 1. The molecule has 0 aliphatic carbocycles. The number of morpholine rings is 1. The van der Waals surface area contributed by atoms with Crippen LogP contribution < -0.4 is 16.0 Å². The van der Waals surface area contributed by atoms with Crippen molar-refractivity contribution in [1.29, 1.82) is 0 Å². The minimum absolute atomic E-state index is 0.0493. The minimum Gasteiger partial charge on any atom is -0.372 e. The van der Waals surface area contributed by atoms with E-state index in [1.54, 1.807) is 12.1 Å². The van der Waals surface area contributed by atoms with Crippen molar-refractivity contribution in [2.24, 2.45) is 5.73 Å². The fourth-order valence-corrected chi connectivity index (χ4v) is 3.36. The van der Waals surface area contributed by atoms with Gasteiger partial charge in [-0.05, 0) is 37.6 Å². The number of hydrogen-bond donors (Lipinski definition) is 2. The molecule has 0 radical (unpaired) electrons. The van der Waals surface area contributed by atoms with E-state index in [0.29, 0.717) is 24.5 Å². The van der Waals surface area contributed by atoms with Crippen LogP contribution in [0.25, 0.3) is 0 Å². The summed E-state index contributed by atoms with van der Waals surface area (Å²) >= 11 is 0. The molecular weight excluding hydrogens is 333 g/mol. The first kappa shape index (κ1) is 18.2. The van der Waals surface area contributed by atoms with Crippen molar-refractivity contribution in [3.05, 3.63) is 59.9 Å². The standard InChI is InChI=1S/C20H24FN3O2/c1-13-11-24(12-14(2)26-13)18-9-8-16(10-17(18)21)23-19(20(22)25)15-6-4-3-5-7-15/h3-10,13-14,19,23H,11-12H2,1-2H3,(H2,22,25). The number of amides is 1. The van der Waals surface area contributed by atoms with E-state index in [9.17, 15) is 9.18 Å².